The van der Waals surface area contributed by atoms with Gasteiger partial charge in [0, 0.05) is 17.8 Å². The molecule has 0 spiro atoms. The SMILES string of the molecule is CSC(=S)OC(C1CC(C)CCC1C(C)C)(C1CC(C)CCC1C(C)C)C1CC(C)CCC1C(C)C. The van der Waals surface area contributed by atoms with Gasteiger partial charge >= 0.3 is 0 Å². The first-order valence-corrected chi connectivity index (χ1v) is 17.3. The number of hydrogen-bond acceptors (Lipinski definition) is 3. The highest BCUT2D eigenvalue weighted by atomic mass is 32.2. The second-order valence-corrected chi connectivity index (χ2v) is 16.1. The van der Waals surface area contributed by atoms with Gasteiger partial charge in [0.25, 0.3) is 0 Å². The van der Waals surface area contributed by atoms with Gasteiger partial charge in [-0.2, -0.15) is 0 Å². The van der Waals surface area contributed by atoms with Crippen LogP contribution in [0.15, 0.2) is 0 Å². The molecular weight excluding hydrogens is 476 g/mol. The molecule has 0 aromatic carbocycles. The minimum absolute atomic E-state index is 0.128. The molecule has 0 bridgehead atoms. The fraction of sp³-hybridized carbons (Fsp3) is 0.970. The van der Waals surface area contributed by atoms with Gasteiger partial charge in [0.2, 0.25) is 4.38 Å². The fourth-order valence-electron chi connectivity index (χ4n) is 9.40. The zero-order valence-corrected chi connectivity index (χ0v) is 27.1. The van der Waals surface area contributed by atoms with Crippen LogP contribution in [0.25, 0.3) is 0 Å². The highest BCUT2D eigenvalue weighted by Gasteiger charge is 2.61. The Kier molecular flexibility index (Phi) is 11.2. The zero-order valence-electron chi connectivity index (χ0n) is 25.5. The maximum absolute atomic E-state index is 7.59. The third-order valence-corrected chi connectivity index (χ3v) is 12.2. The number of thioether (sulfide) groups is 1. The quantitative estimate of drug-likeness (QED) is 0.299. The molecule has 3 saturated carbocycles. The Morgan fingerprint density at radius 2 is 0.944 bits per heavy atom. The van der Waals surface area contributed by atoms with Crippen LogP contribution in [0.3, 0.4) is 0 Å². The van der Waals surface area contributed by atoms with Crippen molar-refractivity contribution in [1.82, 2.24) is 0 Å². The molecule has 0 amide bonds. The first-order chi connectivity index (χ1) is 16.9. The van der Waals surface area contributed by atoms with E-state index in [4.69, 9.17) is 17.0 Å². The maximum Gasteiger partial charge on any atom is 0.220 e. The zero-order chi connectivity index (χ0) is 26.8. The van der Waals surface area contributed by atoms with Gasteiger partial charge in [-0.25, -0.2) is 0 Å². The molecule has 0 radical (unpaired) electrons. The summed E-state index contributed by atoms with van der Waals surface area (Å²) in [6.45, 7) is 22.6. The average molecular weight is 537 g/mol. The second kappa shape index (κ2) is 13.1. The van der Waals surface area contributed by atoms with E-state index in [-0.39, 0.29) is 5.60 Å². The maximum atomic E-state index is 7.59. The van der Waals surface area contributed by atoms with E-state index in [2.05, 4.69) is 68.6 Å². The van der Waals surface area contributed by atoms with Crippen LogP contribution in [0, 0.1) is 71.0 Å². The van der Waals surface area contributed by atoms with Gasteiger partial charge in [0.05, 0.1) is 0 Å². The van der Waals surface area contributed by atoms with E-state index in [0.717, 1.165) is 39.9 Å². The number of ether oxygens (including phenoxy) is 1. The lowest BCUT2D eigenvalue weighted by molar-refractivity contribution is -0.191. The normalized spacial score (nSPS) is 39.9. The predicted octanol–water partition coefficient (Wildman–Crippen LogP) is 10.5. The Morgan fingerprint density at radius 1 is 0.639 bits per heavy atom. The van der Waals surface area contributed by atoms with Crippen molar-refractivity contribution in [2.45, 2.75) is 126 Å². The van der Waals surface area contributed by atoms with Crippen LogP contribution in [0.1, 0.15) is 120 Å². The molecule has 3 fully saturated rings. The molecule has 0 N–H and O–H groups in total. The van der Waals surface area contributed by atoms with Crippen molar-refractivity contribution in [3.63, 3.8) is 0 Å². The molecule has 3 aliphatic carbocycles. The summed E-state index contributed by atoms with van der Waals surface area (Å²) in [5, 5.41) is 0. The van der Waals surface area contributed by atoms with Crippen molar-refractivity contribution in [3.05, 3.63) is 0 Å². The lowest BCUT2D eigenvalue weighted by atomic mass is 9.48. The second-order valence-electron chi connectivity index (χ2n) is 14.7. The topological polar surface area (TPSA) is 9.23 Å². The summed E-state index contributed by atoms with van der Waals surface area (Å²) in [5.74, 6) is 8.50. The molecule has 210 valence electrons. The minimum Gasteiger partial charge on any atom is -0.471 e. The van der Waals surface area contributed by atoms with E-state index in [1.807, 2.05) is 0 Å². The standard InChI is InChI=1S/C33H60OS2/c1-20(2)26-14-11-23(7)17-29(26)33(34-32(35)36-10,30-18-24(8)12-15-27(30)21(3)4)31-19-25(9)13-16-28(31)22(5)6/h20-31H,11-19H2,1-10H3. The van der Waals surface area contributed by atoms with Gasteiger partial charge in [-0.1, -0.05) is 93.3 Å². The molecular formula is C33H60OS2. The third kappa shape index (κ3) is 6.51. The van der Waals surface area contributed by atoms with Crippen LogP contribution >= 0.6 is 24.0 Å². The molecule has 9 unspecified atom stereocenters. The lowest BCUT2D eigenvalue weighted by Crippen LogP contribution is -2.63. The van der Waals surface area contributed by atoms with Crippen molar-refractivity contribution in [2.24, 2.45) is 71.0 Å². The van der Waals surface area contributed by atoms with Gasteiger partial charge in [0.1, 0.15) is 5.60 Å². The number of rotatable bonds is 7. The summed E-state index contributed by atoms with van der Waals surface area (Å²) in [5.41, 5.74) is -0.128. The van der Waals surface area contributed by atoms with Crippen LogP contribution in [-0.2, 0) is 4.74 Å². The Labute approximate surface area is 235 Å². The third-order valence-electron chi connectivity index (χ3n) is 11.2. The Bertz CT molecular complexity index is 621. The molecule has 0 aliphatic heterocycles. The van der Waals surface area contributed by atoms with Crippen molar-refractivity contribution >= 4 is 28.4 Å². The summed E-state index contributed by atoms with van der Waals surface area (Å²) in [4.78, 5) is 0. The molecule has 0 aromatic rings. The highest BCUT2D eigenvalue weighted by molar-refractivity contribution is 8.22. The summed E-state index contributed by atoms with van der Waals surface area (Å²) in [6, 6.07) is 0. The Morgan fingerprint density at radius 3 is 1.19 bits per heavy atom. The minimum atomic E-state index is -0.128. The summed E-state index contributed by atoms with van der Waals surface area (Å²) in [7, 11) is 0. The van der Waals surface area contributed by atoms with Crippen LogP contribution in [-0.4, -0.2) is 16.2 Å². The Hall–Kier alpha value is 0.240. The van der Waals surface area contributed by atoms with Crippen molar-refractivity contribution in [1.29, 1.82) is 0 Å². The predicted molar refractivity (Wildman–Crippen MR) is 164 cm³/mol. The number of hydrogen-bond donors (Lipinski definition) is 0. The summed E-state index contributed by atoms with van der Waals surface area (Å²) >= 11 is 7.74. The first-order valence-electron chi connectivity index (χ1n) is 15.7. The molecule has 1 nitrogen and oxygen atoms in total. The average Bonchev–Trinajstić information content (AvgIpc) is 2.81. The molecule has 9 atom stereocenters. The van der Waals surface area contributed by atoms with Gasteiger partial charge in [-0.3, -0.25) is 0 Å². The van der Waals surface area contributed by atoms with E-state index in [0.29, 0.717) is 35.5 Å². The van der Waals surface area contributed by atoms with Crippen LogP contribution in [0.2, 0.25) is 0 Å². The smallest absolute Gasteiger partial charge is 0.220 e. The first kappa shape index (κ1) is 30.8. The summed E-state index contributed by atoms with van der Waals surface area (Å²) < 4.78 is 8.40. The van der Waals surface area contributed by atoms with Crippen molar-refractivity contribution < 1.29 is 4.74 Å². The molecule has 3 rings (SSSR count). The highest BCUT2D eigenvalue weighted by Crippen LogP contribution is 2.61. The van der Waals surface area contributed by atoms with E-state index in [1.165, 1.54) is 57.8 Å². The van der Waals surface area contributed by atoms with E-state index < -0.39 is 0 Å². The van der Waals surface area contributed by atoms with E-state index in [1.54, 1.807) is 11.8 Å². The Balaban J connectivity index is 2.31. The van der Waals surface area contributed by atoms with Crippen LogP contribution in [0.5, 0.6) is 0 Å². The van der Waals surface area contributed by atoms with E-state index in [9.17, 15) is 0 Å². The van der Waals surface area contributed by atoms with Crippen LogP contribution in [0.4, 0.5) is 0 Å². The summed E-state index contributed by atoms with van der Waals surface area (Å²) in [6.07, 6.45) is 14.4. The van der Waals surface area contributed by atoms with Crippen molar-refractivity contribution in [3.8, 4) is 0 Å². The lowest BCUT2D eigenvalue weighted by Gasteiger charge is -2.62. The van der Waals surface area contributed by atoms with E-state index >= 15 is 0 Å². The molecule has 36 heavy (non-hydrogen) atoms. The fourth-order valence-corrected chi connectivity index (χ4v) is 9.77. The van der Waals surface area contributed by atoms with Gasteiger partial charge in [-0.05, 0) is 110 Å². The molecule has 0 heterocycles. The molecule has 0 aromatic heterocycles. The van der Waals surface area contributed by atoms with Gasteiger partial charge in [0.15, 0.2) is 0 Å². The van der Waals surface area contributed by atoms with Gasteiger partial charge < -0.3 is 4.74 Å². The monoisotopic (exact) mass is 536 g/mol. The number of thiocarbonyl (C=S) groups is 1. The van der Waals surface area contributed by atoms with Gasteiger partial charge in [-0.15, -0.1) is 0 Å². The molecule has 3 heteroatoms. The molecule has 0 saturated heterocycles. The largest absolute Gasteiger partial charge is 0.471 e. The molecule has 3 aliphatic rings. The van der Waals surface area contributed by atoms with Crippen molar-refractivity contribution in [2.75, 3.05) is 6.26 Å². The van der Waals surface area contributed by atoms with Crippen LogP contribution < -0.4 is 0 Å².